The smallest absolute Gasteiger partial charge is 0.163 e. The first-order chi connectivity index (χ1) is 12.3. The van der Waals surface area contributed by atoms with Crippen LogP contribution in [0.15, 0.2) is 47.9 Å². The van der Waals surface area contributed by atoms with Crippen LogP contribution in [0, 0.1) is 5.41 Å². The lowest BCUT2D eigenvalue weighted by molar-refractivity contribution is -0.118. The number of anilines is 2. The van der Waals surface area contributed by atoms with E-state index >= 15 is 0 Å². The van der Waals surface area contributed by atoms with Gasteiger partial charge in [-0.05, 0) is 41.7 Å². The number of pyridine rings is 1. The molecule has 4 rings (SSSR count). The molecule has 134 valence electrons. The number of carbonyl (C=O) groups is 1. The number of ketones is 1. The van der Waals surface area contributed by atoms with Crippen LogP contribution in [0.3, 0.4) is 0 Å². The maximum atomic E-state index is 13.1. The highest BCUT2D eigenvalue weighted by atomic mass is 35.5. The van der Waals surface area contributed by atoms with Gasteiger partial charge in [0.25, 0.3) is 0 Å². The third-order valence-corrected chi connectivity index (χ3v) is 5.27. The summed E-state index contributed by atoms with van der Waals surface area (Å²) < 4.78 is 0. The fraction of sp³-hybridized carbons (Fsp3) is 0.300. The van der Waals surface area contributed by atoms with Gasteiger partial charge in [0, 0.05) is 33.9 Å². The quantitative estimate of drug-likeness (QED) is 0.667. The number of hydrogen-bond donors (Lipinski definition) is 2. The monoisotopic (exact) mass is 387 g/mol. The molecule has 2 heterocycles. The molecule has 0 saturated carbocycles. The minimum absolute atomic E-state index is 0.0911. The van der Waals surface area contributed by atoms with Crippen molar-refractivity contribution in [2.75, 3.05) is 10.6 Å². The number of nitrogens with zero attached hydrogens (tertiary/aromatic N) is 1. The van der Waals surface area contributed by atoms with Crippen LogP contribution >= 0.6 is 23.2 Å². The summed E-state index contributed by atoms with van der Waals surface area (Å²) in [6.07, 6.45) is 4.79. The molecule has 2 aromatic rings. The average molecular weight is 388 g/mol. The van der Waals surface area contributed by atoms with Crippen molar-refractivity contribution in [3.63, 3.8) is 0 Å². The highest BCUT2D eigenvalue weighted by molar-refractivity contribution is 6.34. The van der Waals surface area contributed by atoms with Crippen molar-refractivity contribution in [1.82, 2.24) is 4.98 Å². The Hall–Kier alpha value is -2.04. The van der Waals surface area contributed by atoms with Crippen molar-refractivity contribution in [2.24, 2.45) is 5.41 Å². The molecule has 1 atom stereocenters. The van der Waals surface area contributed by atoms with E-state index < -0.39 is 0 Å². The molecule has 26 heavy (non-hydrogen) atoms. The molecule has 1 aromatic carbocycles. The zero-order valence-electron chi connectivity index (χ0n) is 14.6. The van der Waals surface area contributed by atoms with Crippen LogP contribution < -0.4 is 10.6 Å². The molecule has 0 bridgehead atoms. The highest BCUT2D eigenvalue weighted by Crippen LogP contribution is 2.45. The molecular formula is C20H19Cl2N3O. The van der Waals surface area contributed by atoms with Crippen molar-refractivity contribution in [3.8, 4) is 0 Å². The van der Waals surface area contributed by atoms with E-state index in [4.69, 9.17) is 23.2 Å². The summed E-state index contributed by atoms with van der Waals surface area (Å²) in [4.78, 5) is 17.3. The topological polar surface area (TPSA) is 54.0 Å². The third kappa shape index (κ3) is 3.19. The van der Waals surface area contributed by atoms with Crippen LogP contribution in [0.2, 0.25) is 10.0 Å². The van der Waals surface area contributed by atoms with Crippen LogP contribution in [-0.4, -0.2) is 10.8 Å². The van der Waals surface area contributed by atoms with Gasteiger partial charge in [-0.2, -0.15) is 0 Å². The third-order valence-electron chi connectivity index (χ3n) is 4.83. The second-order valence-electron chi connectivity index (χ2n) is 7.66. The summed E-state index contributed by atoms with van der Waals surface area (Å²) in [5, 5.41) is 8.03. The molecule has 1 unspecified atom stereocenters. The summed E-state index contributed by atoms with van der Waals surface area (Å²) >= 11 is 12.5. The molecule has 0 spiro atoms. The van der Waals surface area contributed by atoms with Crippen LogP contribution in [0.5, 0.6) is 0 Å². The van der Waals surface area contributed by atoms with E-state index in [-0.39, 0.29) is 17.2 Å². The average Bonchev–Trinajstić information content (AvgIpc) is 2.69. The number of halogens is 2. The molecular weight excluding hydrogens is 369 g/mol. The molecule has 1 aliphatic carbocycles. The van der Waals surface area contributed by atoms with Crippen molar-refractivity contribution in [3.05, 3.63) is 63.5 Å². The molecule has 1 aromatic heterocycles. The van der Waals surface area contributed by atoms with Gasteiger partial charge in [-0.15, -0.1) is 0 Å². The van der Waals surface area contributed by atoms with Crippen molar-refractivity contribution in [2.45, 2.75) is 32.7 Å². The molecule has 2 N–H and O–H groups in total. The Bertz CT molecular complexity index is 916. The summed E-state index contributed by atoms with van der Waals surface area (Å²) in [6.45, 7) is 4.23. The van der Waals surface area contributed by atoms with Gasteiger partial charge in [0.05, 0.1) is 23.6 Å². The number of rotatable bonds is 1. The van der Waals surface area contributed by atoms with Crippen LogP contribution in [0.4, 0.5) is 11.4 Å². The Balaban J connectivity index is 1.91. The first kappa shape index (κ1) is 17.4. The van der Waals surface area contributed by atoms with E-state index in [9.17, 15) is 4.79 Å². The first-order valence-corrected chi connectivity index (χ1v) is 9.28. The van der Waals surface area contributed by atoms with Crippen LogP contribution in [0.1, 0.15) is 38.3 Å². The standard InChI is InChI=1S/C20H19Cl2N3O/c1-20(2)8-15-18(17(26)9-20)19(11-5-12(21)7-13(22)6-11)25-14-3-4-23-10-16(14)24-15/h3-7,10,19,24-25H,8-9H2,1-2H3. The first-order valence-electron chi connectivity index (χ1n) is 8.52. The number of Topliss-reactive ketones (excluding diaryl/α,β-unsaturated/α-hetero) is 1. The largest absolute Gasteiger partial charge is 0.372 e. The maximum absolute atomic E-state index is 13.1. The number of fused-ring (bicyclic) bond motifs is 1. The molecule has 0 amide bonds. The van der Waals surface area contributed by atoms with Crippen molar-refractivity contribution >= 4 is 40.4 Å². The molecule has 0 saturated heterocycles. The molecule has 4 nitrogen and oxygen atoms in total. The molecule has 0 fully saturated rings. The molecule has 2 aliphatic rings. The Morgan fingerprint density at radius 1 is 1.12 bits per heavy atom. The summed E-state index contributed by atoms with van der Waals surface area (Å²) in [6, 6.07) is 6.99. The van der Waals surface area contributed by atoms with Crippen molar-refractivity contribution in [1.29, 1.82) is 0 Å². The summed E-state index contributed by atoms with van der Waals surface area (Å²) in [7, 11) is 0. The summed E-state index contributed by atoms with van der Waals surface area (Å²) in [5.74, 6) is 0.137. The predicted octanol–water partition coefficient (Wildman–Crippen LogP) is 5.61. The molecule has 6 heteroatoms. The van der Waals surface area contributed by atoms with Gasteiger partial charge < -0.3 is 10.6 Å². The fourth-order valence-electron chi connectivity index (χ4n) is 3.78. The zero-order valence-corrected chi connectivity index (χ0v) is 16.1. The Morgan fingerprint density at radius 2 is 1.85 bits per heavy atom. The SMILES string of the molecule is CC1(C)CC(=O)C2=C(C1)Nc1cnccc1NC2c1cc(Cl)cc(Cl)c1. The minimum atomic E-state index is -0.319. The van der Waals surface area contributed by atoms with Gasteiger partial charge in [0.15, 0.2) is 5.78 Å². The van der Waals surface area contributed by atoms with Gasteiger partial charge in [0.1, 0.15) is 0 Å². The van der Waals surface area contributed by atoms with E-state index in [0.29, 0.717) is 16.5 Å². The van der Waals surface area contributed by atoms with E-state index in [1.165, 1.54) is 0 Å². The Morgan fingerprint density at radius 3 is 2.58 bits per heavy atom. The Kier molecular flexibility index (Phi) is 4.20. The lowest BCUT2D eigenvalue weighted by Gasteiger charge is -2.34. The van der Waals surface area contributed by atoms with Gasteiger partial charge in [0.2, 0.25) is 0 Å². The number of benzene rings is 1. The van der Waals surface area contributed by atoms with E-state index in [1.54, 1.807) is 18.5 Å². The molecule has 0 radical (unpaired) electrons. The van der Waals surface area contributed by atoms with Crippen LogP contribution in [-0.2, 0) is 4.79 Å². The van der Waals surface area contributed by atoms with E-state index in [2.05, 4.69) is 29.5 Å². The van der Waals surface area contributed by atoms with E-state index in [1.807, 2.05) is 18.2 Å². The maximum Gasteiger partial charge on any atom is 0.163 e. The number of nitrogens with one attached hydrogen (secondary N) is 2. The number of carbonyl (C=O) groups excluding carboxylic acids is 1. The highest BCUT2D eigenvalue weighted by Gasteiger charge is 2.38. The van der Waals surface area contributed by atoms with Gasteiger partial charge in [-0.3, -0.25) is 9.78 Å². The van der Waals surface area contributed by atoms with Gasteiger partial charge in [-0.25, -0.2) is 0 Å². The zero-order chi connectivity index (χ0) is 18.5. The van der Waals surface area contributed by atoms with Gasteiger partial charge >= 0.3 is 0 Å². The fourth-order valence-corrected chi connectivity index (χ4v) is 4.33. The summed E-state index contributed by atoms with van der Waals surface area (Å²) in [5.41, 5.74) is 4.22. The second-order valence-corrected chi connectivity index (χ2v) is 8.53. The lowest BCUT2D eigenvalue weighted by atomic mass is 9.73. The lowest BCUT2D eigenvalue weighted by Crippen LogP contribution is -2.31. The van der Waals surface area contributed by atoms with Crippen LogP contribution in [0.25, 0.3) is 0 Å². The number of aromatic nitrogens is 1. The van der Waals surface area contributed by atoms with Gasteiger partial charge in [-0.1, -0.05) is 37.0 Å². The van der Waals surface area contributed by atoms with E-state index in [0.717, 1.165) is 34.6 Å². The second kappa shape index (κ2) is 6.29. The predicted molar refractivity (Wildman–Crippen MR) is 106 cm³/mol. The molecule has 1 aliphatic heterocycles. The number of allylic oxidation sites excluding steroid dienone is 1. The normalized spacial score (nSPS) is 21.2. The van der Waals surface area contributed by atoms with Crippen molar-refractivity contribution < 1.29 is 4.79 Å². The minimum Gasteiger partial charge on any atom is -0.372 e. The number of hydrogen-bond acceptors (Lipinski definition) is 4. The Labute approximate surface area is 162 Å².